The van der Waals surface area contributed by atoms with Crippen molar-refractivity contribution in [2.45, 2.75) is 6.92 Å². The second-order valence-corrected chi connectivity index (χ2v) is 3.24. The third kappa shape index (κ3) is 2.25. The number of thiazole rings is 1. The van der Waals surface area contributed by atoms with Crippen LogP contribution in [0.25, 0.3) is 0 Å². The van der Waals surface area contributed by atoms with E-state index in [2.05, 4.69) is 15.0 Å². The monoisotopic (exact) mass is 200 g/mol. The first-order valence-corrected chi connectivity index (χ1v) is 4.30. The molecule has 1 heterocycles. The maximum Gasteiger partial charge on any atom is 0.360 e. The highest BCUT2D eigenvalue weighted by atomic mass is 32.1. The zero-order valence-electron chi connectivity index (χ0n) is 7.14. The minimum absolute atomic E-state index is 0.174. The molecular formula is C7H8N2O3S. The Kier molecular flexibility index (Phi) is 2.97. The molecule has 0 atom stereocenters. The average molecular weight is 200 g/mol. The first kappa shape index (κ1) is 9.66. The van der Waals surface area contributed by atoms with Gasteiger partial charge in [-0.1, -0.05) is 5.16 Å². The molecule has 0 aliphatic rings. The number of hydrogen-bond acceptors (Lipinski definition) is 5. The number of nitrogens with zero attached hydrogens (tertiary/aromatic N) is 2. The Morgan fingerprint density at radius 2 is 2.46 bits per heavy atom. The van der Waals surface area contributed by atoms with Gasteiger partial charge < -0.3 is 9.94 Å². The number of aliphatic carboxylic acids is 1. The van der Waals surface area contributed by atoms with Crippen LogP contribution in [0, 0.1) is 6.92 Å². The van der Waals surface area contributed by atoms with Gasteiger partial charge in [0, 0.05) is 5.38 Å². The van der Waals surface area contributed by atoms with Crippen molar-refractivity contribution in [3.8, 4) is 0 Å². The number of carboxylic acid groups (broad SMARTS) is 1. The molecule has 5 nitrogen and oxygen atoms in total. The highest BCUT2D eigenvalue weighted by Gasteiger charge is 2.16. The van der Waals surface area contributed by atoms with Crippen molar-refractivity contribution in [3.63, 3.8) is 0 Å². The molecule has 0 radical (unpaired) electrons. The fraction of sp³-hybridized carbons (Fsp3) is 0.286. The van der Waals surface area contributed by atoms with E-state index in [-0.39, 0.29) is 5.71 Å². The average Bonchev–Trinajstić information content (AvgIpc) is 2.46. The summed E-state index contributed by atoms with van der Waals surface area (Å²) < 4.78 is 0. The molecule has 13 heavy (non-hydrogen) atoms. The van der Waals surface area contributed by atoms with Gasteiger partial charge in [-0.05, 0) is 6.92 Å². The van der Waals surface area contributed by atoms with E-state index in [1.54, 1.807) is 12.3 Å². The van der Waals surface area contributed by atoms with Gasteiger partial charge in [0.1, 0.15) is 12.8 Å². The van der Waals surface area contributed by atoms with E-state index in [4.69, 9.17) is 5.11 Å². The summed E-state index contributed by atoms with van der Waals surface area (Å²) in [6, 6.07) is 0. The Hall–Kier alpha value is -1.43. The summed E-state index contributed by atoms with van der Waals surface area (Å²) in [6.07, 6.45) is 0. The van der Waals surface area contributed by atoms with Crippen LogP contribution >= 0.6 is 11.3 Å². The smallest absolute Gasteiger partial charge is 0.360 e. The second kappa shape index (κ2) is 3.99. The molecule has 0 spiro atoms. The molecule has 70 valence electrons. The normalized spacial score (nSPS) is 11.4. The SMILES string of the molecule is CO/N=C(/C(=O)O)c1csc(C)n1. The van der Waals surface area contributed by atoms with Gasteiger partial charge in [0.15, 0.2) is 0 Å². The summed E-state index contributed by atoms with van der Waals surface area (Å²) in [5.41, 5.74) is 0.156. The third-order valence-corrected chi connectivity index (χ3v) is 2.02. The zero-order chi connectivity index (χ0) is 9.84. The quantitative estimate of drug-likeness (QED) is 0.581. The summed E-state index contributed by atoms with van der Waals surface area (Å²) in [7, 11) is 1.29. The van der Waals surface area contributed by atoms with Crippen LogP contribution in [-0.2, 0) is 9.63 Å². The van der Waals surface area contributed by atoms with Crippen LogP contribution in [0.5, 0.6) is 0 Å². The van der Waals surface area contributed by atoms with E-state index in [0.717, 1.165) is 5.01 Å². The summed E-state index contributed by atoms with van der Waals surface area (Å²) in [4.78, 5) is 19.0. The van der Waals surface area contributed by atoms with E-state index in [1.165, 1.54) is 18.4 Å². The number of carbonyl (C=O) groups is 1. The number of aryl methyl sites for hydroxylation is 1. The fourth-order valence-electron chi connectivity index (χ4n) is 0.759. The van der Waals surface area contributed by atoms with Gasteiger partial charge in [-0.25, -0.2) is 9.78 Å². The van der Waals surface area contributed by atoms with Crippen LogP contribution in [0.1, 0.15) is 10.7 Å². The maximum atomic E-state index is 10.7. The molecule has 0 aliphatic carbocycles. The molecule has 0 fully saturated rings. The lowest BCUT2D eigenvalue weighted by atomic mass is 10.3. The molecule has 1 rings (SSSR count). The number of hydrogen-bond donors (Lipinski definition) is 1. The summed E-state index contributed by atoms with van der Waals surface area (Å²) in [5, 5.41) is 14.5. The van der Waals surface area contributed by atoms with Gasteiger partial charge in [-0.15, -0.1) is 11.3 Å². The molecular weight excluding hydrogens is 192 g/mol. The van der Waals surface area contributed by atoms with Crippen LogP contribution in [0.2, 0.25) is 0 Å². The van der Waals surface area contributed by atoms with E-state index in [0.29, 0.717) is 5.69 Å². The summed E-state index contributed by atoms with van der Waals surface area (Å²) >= 11 is 1.37. The minimum Gasteiger partial charge on any atom is -0.476 e. The van der Waals surface area contributed by atoms with Crippen molar-refractivity contribution >= 4 is 23.0 Å². The summed E-state index contributed by atoms with van der Waals surface area (Å²) in [5.74, 6) is -1.15. The Morgan fingerprint density at radius 1 is 1.77 bits per heavy atom. The molecule has 1 aromatic rings. The Balaban J connectivity index is 3.02. The molecule has 0 bridgehead atoms. The molecule has 0 unspecified atom stereocenters. The molecule has 0 saturated heterocycles. The van der Waals surface area contributed by atoms with Gasteiger partial charge in [-0.2, -0.15) is 0 Å². The molecule has 0 aromatic carbocycles. The van der Waals surface area contributed by atoms with Gasteiger partial charge in [-0.3, -0.25) is 0 Å². The van der Waals surface area contributed by atoms with E-state index in [1.807, 2.05) is 0 Å². The van der Waals surface area contributed by atoms with E-state index in [9.17, 15) is 4.79 Å². The van der Waals surface area contributed by atoms with Crippen molar-refractivity contribution < 1.29 is 14.7 Å². The lowest BCUT2D eigenvalue weighted by Crippen LogP contribution is -2.15. The largest absolute Gasteiger partial charge is 0.476 e. The second-order valence-electron chi connectivity index (χ2n) is 2.18. The molecule has 6 heteroatoms. The third-order valence-electron chi connectivity index (χ3n) is 1.25. The van der Waals surface area contributed by atoms with Crippen molar-refractivity contribution in [1.29, 1.82) is 0 Å². The molecule has 1 N–H and O–H groups in total. The van der Waals surface area contributed by atoms with Crippen LogP contribution in [-0.4, -0.2) is 28.9 Å². The molecule has 0 amide bonds. The first-order valence-electron chi connectivity index (χ1n) is 3.42. The van der Waals surface area contributed by atoms with Gasteiger partial charge in [0.05, 0.1) is 5.01 Å². The molecule has 1 aromatic heterocycles. The fourth-order valence-corrected chi connectivity index (χ4v) is 1.36. The first-order chi connectivity index (χ1) is 6.15. The van der Waals surface area contributed by atoms with Crippen molar-refractivity contribution in [3.05, 3.63) is 16.1 Å². The molecule has 0 aliphatic heterocycles. The number of carboxylic acids is 1. The van der Waals surface area contributed by atoms with Gasteiger partial charge >= 0.3 is 5.97 Å². The van der Waals surface area contributed by atoms with Crippen LogP contribution in [0.3, 0.4) is 0 Å². The highest BCUT2D eigenvalue weighted by molar-refractivity contribution is 7.09. The minimum atomic E-state index is -1.15. The van der Waals surface area contributed by atoms with E-state index < -0.39 is 5.97 Å². The number of aromatic nitrogens is 1. The Labute approximate surface area is 78.7 Å². The maximum absolute atomic E-state index is 10.7. The predicted octanol–water partition coefficient (Wildman–Crippen LogP) is 0.887. The van der Waals surface area contributed by atoms with E-state index >= 15 is 0 Å². The number of oxime groups is 1. The molecule has 0 saturated carbocycles. The zero-order valence-corrected chi connectivity index (χ0v) is 7.96. The van der Waals surface area contributed by atoms with Crippen LogP contribution in [0.4, 0.5) is 0 Å². The topological polar surface area (TPSA) is 71.8 Å². The van der Waals surface area contributed by atoms with Gasteiger partial charge in [0.25, 0.3) is 0 Å². The standard InChI is InChI=1S/C7H8N2O3S/c1-4-8-5(3-13-4)6(7(10)11)9-12-2/h3H,1-2H3,(H,10,11)/b9-6+. The lowest BCUT2D eigenvalue weighted by Gasteiger charge is -1.94. The van der Waals surface area contributed by atoms with Crippen molar-refractivity contribution in [1.82, 2.24) is 4.98 Å². The predicted molar refractivity (Wildman–Crippen MR) is 48.0 cm³/mol. The highest BCUT2D eigenvalue weighted by Crippen LogP contribution is 2.09. The Morgan fingerprint density at radius 3 is 2.85 bits per heavy atom. The van der Waals surface area contributed by atoms with Crippen LogP contribution < -0.4 is 0 Å². The van der Waals surface area contributed by atoms with Crippen molar-refractivity contribution in [2.75, 3.05) is 7.11 Å². The summed E-state index contributed by atoms with van der Waals surface area (Å²) in [6.45, 7) is 1.79. The lowest BCUT2D eigenvalue weighted by molar-refractivity contribution is -0.129. The number of rotatable bonds is 3. The van der Waals surface area contributed by atoms with Crippen molar-refractivity contribution in [2.24, 2.45) is 5.16 Å². The van der Waals surface area contributed by atoms with Crippen LogP contribution in [0.15, 0.2) is 10.5 Å². The van der Waals surface area contributed by atoms with Gasteiger partial charge in [0.2, 0.25) is 5.71 Å². The Bertz CT molecular complexity index is 345.